The van der Waals surface area contributed by atoms with E-state index < -0.39 is 6.04 Å². The number of rotatable bonds is 4. The molecule has 0 saturated carbocycles. The van der Waals surface area contributed by atoms with Crippen molar-refractivity contribution < 1.29 is 9.18 Å². The van der Waals surface area contributed by atoms with E-state index in [1.54, 1.807) is 19.1 Å². The molecule has 0 aromatic heterocycles. The van der Waals surface area contributed by atoms with Crippen LogP contribution in [0.15, 0.2) is 62.5 Å². The third-order valence-electron chi connectivity index (χ3n) is 4.96. The lowest BCUT2D eigenvalue weighted by Gasteiger charge is -2.28. The molecule has 3 rings (SSSR count). The molecule has 1 unspecified atom stereocenters. The zero-order valence-corrected chi connectivity index (χ0v) is 18.5. The Morgan fingerprint density at radius 1 is 1.21 bits per heavy atom. The molecule has 4 nitrogen and oxygen atoms in total. The summed E-state index contributed by atoms with van der Waals surface area (Å²) in [6, 6.07) is 11.7. The third-order valence-corrected chi connectivity index (χ3v) is 5.59. The Hall–Kier alpha value is -2.56. The van der Waals surface area contributed by atoms with Crippen molar-refractivity contribution in [2.75, 3.05) is 11.4 Å². The molecule has 0 amide bonds. The van der Waals surface area contributed by atoms with Gasteiger partial charge in [0.05, 0.1) is 17.0 Å². The highest BCUT2D eigenvalue weighted by molar-refractivity contribution is 9.10. The van der Waals surface area contributed by atoms with Crippen molar-refractivity contribution in [2.45, 2.75) is 39.7 Å². The number of halogens is 2. The number of hydrogen-bond acceptors (Lipinski definition) is 4. The first-order valence-electron chi connectivity index (χ1n) is 9.56. The fraction of sp³-hybridized carbons (Fsp3) is 0.304. The molecule has 6 heteroatoms. The predicted octanol–water partition coefficient (Wildman–Crippen LogP) is 5.87. The summed E-state index contributed by atoms with van der Waals surface area (Å²) in [6.07, 6.45) is 0. The van der Waals surface area contributed by atoms with Gasteiger partial charge in [0.25, 0.3) is 0 Å². The maximum atomic E-state index is 13.4. The lowest BCUT2D eigenvalue weighted by molar-refractivity contribution is 0.566. The van der Waals surface area contributed by atoms with Crippen LogP contribution in [0.2, 0.25) is 0 Å². The van der Waals surface area contributed by atoms with Gasteiger partial charge in [-0.25, -0.2) is 19.2 Å². The van der Waals surface area contributed by atoms with Gasteiger partial charge in [0.15, 0.2) is 0 Å². The first kappa shape index (κ1) is 21.2. The van der Waals surface area contributed by atoms with Crippen LogP contribution in [0, 0.1) is 5.82 Å². The molecule has 0 N–H and O–H groups in total. The van der Waals surface area contributed by atoms with Gasteiger partial charge in [-0.1, -0.05) is 32.0 Å². The normalized spacial score (nSPS) is 16.4. The summed E-state index contributed by atoms with van der Waals surface area (Å²) in [5.74, 6) is 2.57. The molecule has 1 atom stereocenters. The molecule has 29 heavy (non-hydrogen) atoms. The summed E-state index contributed by atoms with van der Waals surface area (Å²) in [4.78, 5) is 22.9. The lowest BCUT2D eigenvalue weighted by Crippen LogP contribution is -2.33. The molecular formula is C23H23BrFN3O. The van der Waals surface area contributed by atoms with E-state index in [-0.39, 0.29) is 5.82 Å². The molecule has 1 heterocycles. The van der Waals surface area contributed by atoms with Crippen molar-refractivity contribution in [1.29, 1.82) is 0 Å². The monoisotopic (exact) mass is 455 g/mol. The van der Waals surface area contributed by atoms with E-state index in [0.29, 0.717) is 29.7 Å². The number of guanidine groups is 1. The van der Waals surface area contributed by atoms with Crippen LogP contribution < -0.4 is 4.90 Å². The van der Waals surface area contributed by atoms with E-state index in [4.69, 9.17) is 4.99 Å². The number of benzene rings is 2. The number of hydrogen-bond donors (Lipinski definition) is 0. The van der Waals surface area contributed by atoms with Crippen LogP contribution in [0.25, 0.3) is 0 Å². The van der Waals surface area contributed by atoms with Crippen LogP contribution in [0.3, 0.4) is 0 Å². The molecule has 0 saturated heterocycles. The van der Waals surface area contributed by atoms with Crippen LogP contribution in [-0.4, -0.2) is 24.2 Å². The molecule has 1 aliphatic rings. The minimum Gasteiger partial charge on any atom is -0.310 e. The summed E-state index contributed by atoms with van der Waals surface area (Å²) in [5, 5.41) is 0. The summed E-state index contributed by atoms with van der Waals surface area (Å²) in [6.45, 7) is 8.74. The summed E-state index contributed by atoms with van der Waals surface area (Å²) >= 11 is 3.68. The second-order valence-electron chi connectivity index (χ2n) is 7.21. The van der Waals surface area contributed by atoms with Gasteiger partial charge in [0.1, 0.15) is 17.8 Å². The van der Waals surface area contributed by atoms with Gasteiger partial charge in [0, 0.05) is 11.0 Å². The molecular weight excluding hydrogens is 433 g/mol. The summed E-state index contributed by atoms with van der Waals surface area (Å²) in [5.41, 5.74) is 3.83. The van der Waals surface area contributed by atoms with E-state index in [0.717, 1.165) is 15.7 Å². The molecule has 2 aromatic carbocycles. The lowest BCUT2D eigenvalue weighted by atomic mass is 9.96. The molecule has 0 spiro atoms. The smallest absolute Gasteiger partial charge is 0.226 e. The largest absolute Gasteiger partial charge is 0.310 e. The van der Waals surface area contributed by atoms with Gasteiger partial charge in [-0.2, -0.15) is 0 Å². The van der Waals surface area contributed by atoms with Crippen molar-refractivity contribution >= 4 is 39.2 Å². The average molecular weight is 456 g/mol. The fourth-order valence-corrected chi connectivity index (χ4v) is 3.89. The minimum atomic E-state index is -0.566. The van der Waals surface area contributed by atoms with E-state index in [1.165, 1.54) is 17.7 Å². The fourth-order valence-electron chi connectivity index (χ4n) is 3.28. The third kappa shape index (κ3) is 4.39. The van der Waals surface area contributed by atoms with Crippen molar-refractivity contribution in [3.8, 4) is 0 Å². The minimum absolute atomic E-state index is 0.333. The number of aliphatic imine (C=N–C) groups is 2. The van der Waals surface area contributed by atoms with Gasteiger partial charge in [-0.05, 0) is 71.1 Å². The van der Waals surface area contributed by atoms with Crippen LogP contribution in [0.4, 0.5) is 10.1 Å². The second kappa shape index (κ2) is 8.85. The first-order chi connectivity index (χ1) is 13.8. The molecule has 0 radical (unpaired) electrons. The Balaban J connectivity index is 2.07. The van der Waals surface area contributed by atoms with Crippen molar-refractivity contribution in [1.82, 2.24) is 0 Å². The van der Waals surface area contributed by atoms with Gasteiger partial charge >= 0.3 is 0 Å². The molecule has 0 aliphatic carbocycles. The van der Waals surface area contributed by atoms with E-state index in [2.05, 4.69) is 46.9 Å². The predicted molar refractivity (Wildman–Crippen MR) is 120 cm³/mol. The number of nitrogens with zero attached hydrogens (tertiary/aromatic N) is 3. The van der Waals surface area contributed by atoms with Crippen LogP contribution in [0.1, 0.15) is 50.8 Å². The highest BCUT2D eigenvalue weighted by Gasteiger charge is 2.27. The molecule has 150 valence electrons. The number of carbonyl (C=O) groups excluding carboxylic acids is 1. The highest BCUT2D eigenvalue weighted by atomic mass is 79.9. The molecule has 0 bridgehead atoms. The summed E-state index contributed by atoms with van der Waals surface area (Å²) < 4.78 is 14.3. The van der Waals surface area contributed by atoms with Crippen molar-refractivity contribution in [3.05, 3.63) is 69.5 Å². The van der Waals surface area contributed by atoms with Gasteiger partial charge < -0.3 is 4.90 Å². The Bertz CT molecular complexity index is 1020. The van der Waals surface area contributed by atoms with E-state index in [9.17, 15) is 9.18 Å². The molecule has 2 aromatic rings. The SMILES string of the molecule is CCN(C1=NC(c2ccc(F)cc2)C(=C=O)C(C)=N1)c1ccc(C(C)C)cc1Br. The maximum Gasteiger partial charge on any atom is 0.226 e. The van der Waals surface area contributed by atoms with Crippen molar-refractivity contribution in [2.24, 2.45) is 9.98 Å². The van der Waals surface area contributed by atoms with E-state index in [1.807, 2.05) is 23.8 Å². The molecule has 0 fully saturated rings. The first-order valence-corrected chi connectivity index (χ1v) is 10.4. The van der Waals surface area contributed by atoms with Gasteiger partial charge in [0.2, 0.25) is 5.96 Å². The van der Waals surface area contributed by atoms with Crippen LogP contribution in [-0.2, 0) is 4.79 Å². The average Bonchev–Trinajstić information content (AvgIpc) is 2.69. The van der Waals surface area contributed by atoms with Crippen molar-refractivity contribution in [3.63, 3.8) is 0 Å². The zero-order chi connectivity index (χ0) is 21.1. The Morgan fingerprint density at radius 2 is 1.90 bits per heavy atom. The summed E-state index contributed by atoms with van der Waals surface area (Å²) in [7, 11) is 0. The molecule has 1 aliphatic heterocycles. The highest BCUT2D eigenvalue weighted by Crippen LogP contribution is 2.34. The number of anilines is 1. The Kier molecular flexibility index (Phi) is 6.46. The van der Waals surface area contributed by atoms with Gasteiger partial charge in [-0.15, -0.1) is 0 Å². The standard InChI is InChI=1S/C23H23BrFN3O/c1-5-28(21-11-8-17(14(2)3)12-20(21)24)23-26-15(4)19(13-29)22(27-23)16-6-9-18(25)10-7-16/h6-12,14,22H,5H2,1-4H3. The van der Waals surface area contributed by atoms with E-state index >= 15 is 0 Å². The Labute approximate surface area is 179 Å². The van der Waals surface area contributed by atoms with Gasteiger partial charge in [-0.3, -0.25) is 0 Å². The quantitative estimate of drug-likeness (QED) is 0.541. The zero-order valence-electron chi connectivity index (χ0n) is 16.9. The second-order valence-corrected chi connectivity index (χ2v) is 8.06. The maximum absolute atomic E-state index is 13.4. The van der Waals surface area contributed by atoms with Crippen LogP contribution >= 0.6 is 15.9 Å². The Morgan fingerprint density at radius 3 is 2.45 bits per heavy atom. The van der Waals surface area contributed by atoms with Crippen LogP contribution in [0.5, 0.6) is 0 Å². The topological polar surface area (TPSA) is 45.0 Å².